The standard InChI is InChI=1S/C23H24N2O6/c1-15(26)31-19-4-2-3-17(11-19)22(27)24-13-16-7-9-25(10-8-16)23(28)18-5-6-20-21(12-18)30-14-29-20/h2-6,11-12,16H,7-10,13-14H2,1H3,(H,24,27). The first-order chi connectivity index (χ1) is 15.0. The molecule has 0 saturated carbocycles. The number of rotatable bonds is 5. The van der Waals surface area contributed by atoms with E-state index in [9.17, 15) is 14.4 Å². The molecule has 2 aliphatic heterocycles. The Balaban J connectivity index is 1.26. The second kappa shape index (κ2) is 9.07. The number of benzene rings is 2. The van der Waals surface area contributed by atoms with Crippen LogP contribution in [0.5, 0.6) is 17.2 Å². The van der Waals surface area contributed by atoms with Crippen molar-refractivity contribution in [1.29, 1.82) is 0 Å². The van der Waals surface area contributed by atoms with Crippen molar-refractivity contribution < 1.29 is 28.6 Å². The zero-order valence-corrected chi connectivity index (χ0v) is 17.3. The molecule has 0 bridgehead atoms. The number of hydrogen-bond donors (Lipinski definition) is 1. The van der Waals surface area contributed by atoms with Crippen molar-refractivity contribution in [3.8, 4) is 17.2 Å². The van der Waals surface area contributed by atoms with Gasteiger partial charge < -0.3 is 24.4 Å². The number of fused-ring (bicyclic) bond motifs is 1. The molecule has 2 heterocycles. The number of ether oxygens (including phenoxy) is 3. The van der Waals surface area contributed by atoms with Crippen LogP contribution in [0.1, 0.15) is 40.5 Å². The summed E-state index contributed by atoms with van der Waals surface area (Å²) in [5.41, 5.74) is 1.03. The van der Waals surface area contributed by atoms with Crippen molar-refractivity contribution in [2.75, 3.05) is 26.4 Å². The van der Waals surface area contributed by atoms with Crippen LogP contribution in [-0.4, -0.2) is 49.1 Å². The highest BCUT2D eigenvalue weighted by Crippen LogP contribution is 2.33. The summed E-state index contributed by atoms with van der Waals surface area (Å²) in [7, 11) is 0. The summed E-state index contributed by atoms with van der Waals surface area (Å²) in [5.74, 6) is 1.22. The molecule has 31 heavy (non-hydrogen) atoms. The van der Waals surface area contributed by atoms with Gasteiger partial charge >= 0.3 is 5.97 Å². The van der Waals surface area contributed by atoms with E-state index in [0.717, 1.165) is 12.8 Å². The average molecular weight is 424 g/mol. The van der Waals surface area contributed by atoms with Crippen molar-refractivity contribution in [2.45, 2.75) is 19.8 Å². The third-order valence-electron chi connectivity index (χ3n) is 5.43. The van der Waals surface area contributed by atoms with Gasteiger partial charge in [0.05, 0.1) is 0 Å². The Morgan fingerprint density at radius 1 is 1.03 bits per heavy atom. The fourth-order valence-corrected chi connectivity index (χ4v) is 3.76. The van der Waals surface area contributed by atoms with E-state index in [1.165, 1.54) is 6.92 Å². The predicted octanol–water partition coefficient (Wildman–Crippen LogP) is 2.62. The maximum atomic E-state index is 12.8. The molecule has 162 valence electrons. The van der Waals surface area contributed by atoms with Gasteiger partial charge in [-0.05, 0) is 55.2 Å². The lowest BCUT2D eigenvalue weighted by Crippen LogP contribution is -2.41. The summed E-state index contributed by atoms with van der Waals surface area (Å²) < 4.78 is 15.7. The molecule has 0 aromatic heterocycles. The topological polar surface area (TPSA) is 94.2 Å². The highest BCUT2D eigenvalue weighted by atomic mass is 16.7. The van der Waals surface area contributed by atoms with Gasteiger partial charge in [-0.1, -0.05) is 6.07 Å². The third-order valence-corrected chi connectivity index (χ3v) is 5.43. The Labute approximate surface area is 180 Å². The van der Waals surface area contributed by atoms with E-state index in [-0.39, 0.29) is 18.6 Å². The molecule has 0 spiro atoms. The molecule has 2 aliphatic rings. The summed E-state index contributed by atoms with van der Waals surface area (Å²) in [5, 5.41) is 2.94. The second-order valence-corrected chi connectivity index (χ2v) is 7.64. The van der Waals surface area contributed by atoms with Crippen LogP contribution in [0.3, 0.4) is 0 Å². The van der Waals surface area contributed by atoms with Gasteiger partial charge in [0, 0.05) is 37.7 Å². The molecule has 1 N–H and O–H groups in total. The van der Waals surface area contributed by atoms with Crippen LogP contribution in [0.4, 0.5) is 0 Å². The minimum absolute atomic E-state index is 0.0249. The maximum absolute atomic E-state index is 12.8. The van der Waals surface area contributed by atoms with Crippen LogP contribution in [0, 0.1) is 5.92 Å². The Hall–Kier alpha value is -3.55. The molecule has 2 aromatic carbocycles. The Morgan fingerprint density at radius 2 is 1.81 bits per heavy atom. The summed E-state index contributed by atoms with van der Waals surface area (Å²) in [4.78, 5) is 38.1. The van der Waals surface area contributed by atoms with Crippen LogP contribution < -0.4 is 19.5 Å². The largest absolute Gasteiger partial charge is 0.454 e. The highest BCUT2D eigenvalue weighted by Gasteiger charge is 2.25. The molecule has 2 aromatic rings. The van der Waals surface area contributed by atoms with Crippen LogP contribution in [0.25, 0.3) is 0 Å². The van der Waals surface area contributed by atoms with Crippen molar-refractivity contribution >= 4 is 17.8 Å². The van der Waals surface area contributed by atoms with Crippen molar-refractivity contribution in [1.82, 2.24) is 10.2 Å². The lowest BCUT2D eigenvalue weighted by molar-refractivity contribution is -0.131. The molecular weight excluding hydrogens is 400 g/mol. The quantitative estimate of drug-likeness (QED) is 0.586. The van der Waals surface area contributed by atoms with E-state index in [2.05, 4.69) is 5.32 Å². The first-order valence-corrected chi connectivity index (χ1v) is 10.2. The summed E-state index contributed by atoms with van der Waals surface area (Å²) in [6.45, 7) is 3.29. The molecule has 1 fully saturated rings. The average Bonchev–Trinajstić information content (AvgIpc) is 3.25. The lowest BCUT2D eigenvalue weighted by atomic mass is 9.96. The number of nitrogens with zero attached hydrogens (tertiary/aromatic N) is 1. The molecular formula is C23H24N2O6. The molecule has 0 aliphatic carbocycles. The Kier molecular flexibility index (Phi) is 6.06. The Bertz CT molecular complexity index is 997. The first kappa shape index (κ1) is 20.7. The summed E-state index contributed by atoms with van der Waals surface area (Å²) in [6.07, 6.45) is 1.62. The number of carbonyl (C=O) groups is 3. The van der Waals surface area contributed by atoms with Crippen LogP contribution in [-0.2, 0) is 4.79 Å². The molecule has 0 radical (unpaired) electrons. The van der Waals surface area contributed by atoms with E-state index in [4.69, 9.17) is 14.2 Å². The maximum Gasteiger partial charge on any atom is 0.308 e. The molecule has 8 nitrogen and oxygen atoms in total. The van der Waals surface area contributed by atoms with Gasteiger partial charge in [0.15, 0.2) is 11.5 Å². The number of hydrogen-bond acceptors (Lipinski definition) is 6. The number of amides is 2. The van der Waals surface area contributed by atoms with E-state index >= 15 is 0 Å². The van der Waals surface area contributed by atoms with Gasteiger partial charge in [-0.15, -0.1) is 0 Å². The fourth-order valence-electron chi connectivity index (χ4n) is 3.76. The monoisotopic (exact) mass is 424 g/mol. The van der Waals surface area contributed by atoms with E-state index in [1.54, 1.807) is 42.5 Å². The normalized spacial score (nSPS) is 15.5. The van der Waals surface area contributed by atoms with Crippen LogP contribution in [0.2, 0.25) is 0 Å². The Morgan fingerprint density at radius 3 is 2.58 bits per heavy atom. The minimum atomic E-state index is -0.431. The van der Waals surface area contributed by atoms with E-state index < -0.39 is 5.97 Å². The molecule has 8 heteroatoms. The van der Waals surface area contributed by atoms with Gasteiger partial charge in [0.2, 0.25) is 6.79 Å². The molecule has 0 unspecified atom stereocenters. The summed E-state index contributed by atoms with van der Waals surface area (Å²) in [6, 6.07) is 11.8. The smallest absolute Gasteiger partial charge is 0.308 e. The van der Waals surface area contributed by atoms with Gasteiger partial charge in [-0.2, -0.15) is 0 Å². The van der Waals surface area contributed by atoms with Crippen LogP contribution >= 0.6 is 0 Å². The van der Waals surface area contributed by atoms with E-state index in [1.807, 2.05) is 4.90 Å². The molecule has 0 atom stereocenters. The third kappa shape index (κ3) is 4.96. The molecule has 4 rings (SSSR count). The SMILES string of the molecule is CC(=O)Oc1cccc(C(=O)NCC2CCN(C(=O)c3ccc4c(c3)OCO4)CC2)c1. The van der Waals surface area contributed by atoms with Crippen LogP contribution in [0.15, 0.2) is 42.5 Å². The van der Waals surface area contributed by atoms with Crippen molar-refractivity contribution in [2.24, 2.45) is 5.92 Å². The molecule has 2 amide bonds. The lowest BCUT2D eigenvalue weighted by Gasteiger charge is -2.32. The minimum Gasteiger partial charge on any atom is -0.454 e. The van der Waals surface area contributed by atoms with Gasteiger partial charge in [-0.25, -0.2) is 0 Å². The zero-order chi connectivity index (χ0) is 21.8. The predicted molar refractivity (Wildman–Crippen MR) is 111 cm³/mol. The van der Waals surface area contributed by atoms with Crippen molar-refractivity contribution in [3.05, 3.63) is 53.6 Å². The number of carbonyl (C=O) groups excluding carboxylic acids is 3. The second-order valence-electron chi connectivity index (χ2n) is 7.64. The van der Waals surface area contributed by atoms with Crippen molar-refractivity contribution in [3.63, 3.8) is 0 Å². The van der Waals surface area contributed by atoms with Gasteiger partial charge in [0.1, 0.15) is 5.75 Å². The summed E-state index contributed by atoms with van der Waals surface area (Å²) >= 11 is 0. The molecule has 1 saturated heterocycles. The first-order valence-electron chi connectivity index (χ1n) is 10.2. The van der Waals surface area contributed by atoms with Gasteiger partial charge in [0.25, 0.3) is 11.8 Å². The fraction of sp³-hybridized carbons (Fsp3) is 0.348. The number of nitrogens with one attached hydrogen (secondary N) is 1. The number of esters is 1. The highest BCUT2D eigenvalue weighted by molar-refractivity contribution is 5.95. The zero-order valence-electron chi connectivity index (χ0n) is 17.3. The number of piperidine rings is 1. The van der Waals surface area contributed by atoms with E-state index in [0.29, 0.717) is 53.9 Å². The van der Waals surface area contributed by atoms with Gasteiger partial charge in [-0.3, -0.25) is 14.4 Å². The number of likely N-dealkylation sites (tertiary alicyclic amines) is 1.